The largest absolute Gasteiger partial charge is 0.325 e. The zero-order valence-corrected chi connectivity index (χ0v) is 24.3. The number of anilines is 2. The van der Waals surface area contributed by atoms with Crippen molar-refractivity contribution in [3.8, 4) is 0 Å². The maximum atomic E-state index is 13.2. The first-order valence-electron chi connectivity index (χ1n) is 13.7. The fourth-order valence-electron chi connectivity index (χ4n) is 5.70. The number of carbonyl (C=O) groups excluding carboxylic acids is 2. The molecule has 1 fully saturated rings. The fraction of sp³-hybridized carbons (Fsp3) is 0.344. The normalized spacial score (nSPS) is 15.0. The lowest BCUT2D eigenvalue weighted by Gasteiger charge is -2.39. The number of para-hydroxylation sites is 1. The highest BCUT2D eigenvalue weighted by atomic mass is 35.5. The average Bonchev–Trinajstić information content (AvgIpc) is 3.31. The van der Waals surface area contributed by atoms with Gasteiger partial charge >= 0.3 is 0 Å². The van der Waals surface area contributed by atoms with E-state index in [1.54, 1.807) is 24.5 Å². The number of carbonyl (C=O) groups is 2. The lowest BCUT2D eigenvalue weighted by molar-refractivity contribution is -0.119. The summed E-state index contributed by atoms with van der Waals surface area (Å²) in [6.07, 6.45) is 12.3. The summed E-state index contributed by atoms with van der Waals surface area (Å²) in [7, 11) is 0. The number of hydrogen-bond donors (Lipinski definition) is 1. The first-order chi connectivity index (χ1) is 18.6. The summed E-state index contributed by atoms with van der Waals surface area (Å²) >= 11 is 0. The third-order valence-corrected chi connectivity index (χ3v) is 7.79. The summed E-state index contributed by atoms with van der Waals surface area (Å²) in [6, 6.07) is 22.2. The molecule has 40 heavy (non-hydrogen) atoms. The minimum Gasteiger partial charge on any atom is -0.325 e. The highest BCUT2D eigenvalue weighted by molar-refractivity contribution is 5.94. The molecule has 0 saturated carbocycles. The minimum atomic E-state index is -0.0975. The van der Waals surface area contributed by atoms with Crippen molar-refractivity contribution in [2.75, 3.05) is 36.4 Å². The topological polar surface area (TPSA) is 65.5 Å². The van der Waals surface area contributed by atoms with E-state index in [0.717, 1.165) is 44.6 Å². The standard InChI is InChI=1S/C32H36N4O2.2ClH/c37-30(34-27-10-7-20-33-25-27)14-6-15-31(38)36(28-11-2-1-3-12-28)22-8-21-35-23-18-32(19-24-35)17-16-26-9-4-5-13-29(26)32;;/h1-5,7,9-13,16-17,20,25H,6,8,14-15,18-19,21-24H2,(H,34,37);2*1H. The summed E-state index contributed by atoms with van der Waals surface area (Å²) in [5.41, 5.74) is 4.64. The number of pyridine rings is 1. The number of fused-ring (bicyclic) bond motifs is 2. The Kier molecular flexibility index (Phi) is 11.7. The molecule has 0 bridgehead atoms. The molecule has 1 saturated heterocycles. The molecule has 1 spiro atoms. The second kappa shape index (κ2) is 15.0. The third-order valence-electron chi connectivity index (χ3n) is 7.79. The number of amides is 2. The zero-order valence-electron chi connectivity index (χ0n) is 22.7. The lowest BCUT2D eigenvalue weighted by Crippen LogP contribution is -2.42. The van der Waals surface area contributed by atoms with Crippen LogP contribution in [0.15, 0.2) is 85.2 Å². The van der Waals surface area contributed by atoms with E-state index < -0.39 is 0 Å². The zero-order chi connectivity index (χ0) is 26.2. The predicted octanol–water partition coefficient (Wildman–Crippen LogP) is 6.52. The van der Waals surface area contributed by atoms with Gasteiger partial charge in [0, 0.05) is 36.7 Å². The molecule has 0 atom stereocenters. The average molecular weight is 582 g/mol. The number of hydrogen-bond acceptors (Lipinski definition) is 4. The van der Waals surface area contributed by atoms with Gasteiger partial charge in [-0.1, -0.05) is 54.6 Å². The highest BCUT2D eigenvalue weighted by Crippen LogP contribution is 2.43. The number of halogens is 2. The maximum absolute atomic E-state index is 13.2. The molecule has 5 rings (SSSR count). The van der Waals surface area contributed by atoms with Crippen molar-refractivity contribution in [1.29, 1.82) is 0 Å². The number of nitrogens with one attached hydrogen (secondary N) is 1. The Morgan fingerprint density at radius 3 is 2.40 bits per heavy atom. The number of rotatable bonds is 10. The van der Waals surface area contributed by atoms with Gasteiger partial charge < -0.3 is 15.1 Å². The molecule has 1 N–H and O–H groups in total. The Bertz CT molecular complexity index is 1260. The summed E-state index contributed by atoms with van der Waals surface area (Å²) in [5, 5.41) is 2.83. The van der Waals surface area contributed by atoms with Crippen LogP contribution in [0.1, 0.15) is 49.7 Å². The van der Waals surface area contributed by atoms with Crippen molar-refractivity contribution in [2.45, 2.75) is 43.9 Å². The molecule has 1 aromatic heterocycles. The molecule has 2 aromatic carbocycles. The Hall–Kier alpha value is -3.19. The van der Waals surface area contributed by atoms with Crippen molar-refractivity contribution in [1.82, 2.24) is 9.88 Å². The van der Waals surface area contributed by atoms with Gasteiger partial charge in [0.2, 0.25) is 11.8 Å². The molecule has 1 aliphatic heterocycles. The Morgan fingerprint density at radius 2 is 1.65 bits per heavy atom. The van der Waals surface area contributed by atoms with Gasteiger partial charge in [0.25, 0.3) is 0 Å². The molecule has 2 aliphatic rings. The number of piperidine rings is 1. The molecular weight excluding hydrogens is 543 g/mol. The van der Waals surface area contributed by atoms with E-state index in [4.69, 9.17) is 0 Å². The van der Waals surface area contributed by atoms with Crippen molar-refractivity contribution in [3.05, 3.63) is 96.3 Å². The minimum absolute atomic E-state index is 0. The summed E-state index contributed by atoms with van der Waals surface area (Å²) in [5.74, 6) is -0.0321. The number of likely N-dealkylation sites (tertiary alicyclic amines) is 1. The van der Waals surface area contributed by atoms with E-state index in [9.17, 15) is 9.59 Å². The molecule has 2 amide bonds. The maximum Gasteiger partial charge on any atom is 0.226 e. The first-order valence-corrected chi connectivity index (χ1v) is 13.7. The van der Waals surface area contributed by atoms with Gasteiger partial charge in [0.05, 0.1) is 11.9 Å². The van der Waals surface area contributed by atoms with Crippen LogP contribution < -0.4 is 10.2 Å². The van der Waals surface area contributed by atoms with E-state index in [0.29, 0.717) is 31.5 Å². The number of allylic oxidation sites excluding steroid dienone is 1. The monoisotopic (exact) mass is 580 g/mol. The molecule has 2 heterocycles. The van der Waals surface area contributed by atoms with Crippen molar-refractivity contribution in [3.63, 3.8) is 0 Å². The van der Waals surface area contributed by atoms with Crippen LogP contribution in [-0.4, -0.2) is 47.9 Å². The van der Waals surface area contributed by atoms with E-state index in [-0.39, 0.29) is 42.0 Å². The van der Waals surface area contributed by atoms with Crippen LogP contribution in [0.3, 0.4) is 0 Å². The van der Waals surface area contributed by atoms with Gasteiger partial charge in [0.1, 0.15) is 0 Å². The highest BCUT2D eigenvalue weighted by Gasteiger charge is 2.37. The second-order valence-electron chi connectivity index (χ2n) is 10.3. The Balaban J connectivity index is 0.00000220. The van der Waals surface area contributed by atoms with Crippen LogP contribution in [0.25, 0.3) is 6.08 Å². The van der Waals surface area contributed by atoms with Gasteiger partial charge in [-0.05, 0) is 80.7 Å². The summed E-state index contributed by atoms with van der Waals surface area (Å²) in [4.78, 5) is 33.9. The van der Waals surface area contributed by atoms with Crippen molar-refractivity contribution < 1.29 is 9.59 Å². The van der Waals surface area contributed by atoms with Gasteiger partial charge in [-0.15, -0.1) is 24.8 Å². The van der Waals surface area contributed by atoms with Crippen LogP contribution in [0.4, 0.5) is 11.4 Å². The first kappa shape index (κ1) is 31.3. The van der Waals surface area contributed by atoms with E-state index in [2.05, 4.69) is 51.6 Å². The van der Waals surface area contributed by atoms with Crippen LogP contribution >= 0.6 is 24.8 Å². The number of benzene rings is 2. The summed E-state index contributed by atoms with van der Waals surface area (Å²) in [6.45, 7) is 3.80. The number of aromatic nitrogens is 1. The molecule has 3 aromatic rings. The SMILES string of the molecule is Cl.Cl.O=C(CCCC(=O)N(CCCN1CCC2(C=Cc3ccccc32)CC1)c1ccccc1)Nc1cccnc1. The van der Waals surface area contributed by atoms with E-state index >= 15 is 0 Å². The van der Waals surface area contributed by atoms with Crippen LogP contribution in [0.2, 0.25) is 0 Å². The molecule has 212 valence electrons. The van der Waals surface area contributed by atoms with Gasteiger partial charge in [-0.3, -0.25) is 14.6 Å². The molecule has 6 nitrogen and oxygen atoms in total. The van der Waals surface area contributed by atoms with Crippen molar-refractivity contribution in [2.24, 2.45) is 0 Å². The number of nitrogens with zero attached hydrogens (tertiary/aromatic N) is 3. The smallest absolute Gasteiger partial charge is 0.226 e. The van der Waals surface area contributed by atoms with Gasteiger partial charge in [-0.2, -0.15) is 0 Å². The van der Waals surface area contributed by atoms with Crippen LogP contribution in [0.5, 0.6) is 0 Å². The van der Waals surface area contributed by atoms with Gasteiger partial charge in [0.15, 0.2) is 0 Å². The molecule has 0 radical (unpaired) electrons. The van der Waals surface area contributed by atoms with Gasteiger partial charge in [-0.25, -0.2) is 0 Å². The fourth-order valence-corrected chi connectivity index (χ4v) is 5.70. The molecule has 1 aliphatic carbocycles. The molecule has 8 heteroatoms. The lowest BCUT2D eigenvalue weighted by atomic mass is 9.74. The second-order valence-corrected chi connectivity index (χ2v) is 10.3. The van der Waals surface area contributed by atoms with Crippen LogP contribution in [0, 0.1) is 0 Å². The Labute approximate surface area is 249 Å². The predicted molar refractivity (Wildman–Crippen MR) is 167 cm³/mol. The molecular formula is C32H38Cl2N4O2. The molecule has 0 unspecified atom stereocenters. The van der Waals surface area contributed by atoms with Crippen molar-refractivity contribution >= 4 is 54.1 Å². The van der Waals surface area contributed by atoms with E-state index in [1.807, 2.05) is 35.2 Å². The quantitative estimate of drug-likeness (QED) is 0.296. The Morgan fingerprint density at radius 1 is 0.900 bits per heavy atom. The van der Waals surface area contributed by atoms with E-state index in [1.165, 1.54) is 11.1 Å². The third kappa shape index (κ3) is 7.72. The summed E-state index contributed by atoms with van der Waals surface area (Å²) < 4.78 is 0. The van der Waals surface area contributed by atoms with Crippen LogP contribution in [-0.2, 0) is 15.0 Å².